The van der Waals surface area contributed by atoms with Crippen molar-refractivity contribution in [3.8, 4) is 11.4 Å². The number of rotatable bonds is 6. The van der Waals surface area contributed by atoms with Crippen molar-refractivity contribution in [3.05, 3.63) is 29.8 Å². The van der Waals surface area contributed by atoms with Crippen LogP contribution in [0.2, 0.25) is 0 Å². The maximum absolute atomic E-state index is 12.5. The minimum atomic E-state index is -3.42. The molecular weight excluding hydrogens is 364 g/mol. The summed E-state index contributed by atoms with van der Waals surface area (Å²) in [6.07, 6.45) is 4.47. The van der Waals surface area contributed by atoms with E-state index in [9.17, 15) is 8.42 Å². The number of piperidine rings is 1. The molecule has 0 aliphatic carbocycles. The van der Waals surface area contributed by atoms with Crippen LogP contribution in [0, 0.1) is 6.92 Å². The van der Waals surface area contributed by atoms with Crippen LogP contribution in [0.3, 0.4) is 0 Å². The van der Waals surface area contributed by atoms with E-state index in [1.165, 1.54) is 8.61 Å². The average molecular weight is 393 g/mol. The Hall–Kier alpha value is -1.84. The summed E-state index contributed by atoms with van der Waals surface area (Å²) in [7, 11) is -0.292. The van der Waals surface area contributed by atoms with Crippen molar-refractivity contribution in [1.82, 2.24) is 28.4 Å². The molecule has 0 spiro atoms. The van der Waals surface area contributed by atoms with E-state index in [1.54, 1.807) is 20.3 Å². The third-order valence-corrected chi connectivity index (χ3v) is 6.73. The Morgan fingerprint density at radius 3 is 2.78 bits per heavy atom. The number of hydrogen-bond acceptors (Lipinski definition) is 5. The molecule has 1 saturated heterocycles. The molecule has 1 aliphatic heterocycles. The third-order valence-electron chi connectivity index (χ3n) is 4.82. The van der Waals surface area contributed by atoms with Crippen LogP contribution < -0.4 is 0 Å². The van der Waals surface area contributed by atoms with Crippen LogP contribution in [-0.4, -0.2) is 64.0 Å². The van der Waals surface area contributed by atoms with Gasteiger partial charge in [0.1, 0.15) is 5.82 Å². The van der Waals surface area contributed by atoms with Crippen LogP contribution in [0.1, 0.15) is 43.6 Å². The molecule has 0 amide bonds. The molecule has 0 unspecified atom stereocenters. The van der Waals surface area contributed by atoms with Crippen LogP contribution in [0.5, 0.6) is 0 Å². The van der Waals surface area contributed by atoms with Gasteiger partial charge in [-0.25, -0.2) is 9.97 Å². The zero-order valence-electron chi connectivity index (χ0n) is 16.5. The Balaban J connectivity index is 1.91. The fourth-order valence-corrected chi connectivity index (χ4v) is 4.63. The lowest BCUT2D eigenvalue weighted by atomic mass is 9.98. The molecule has 2 aromatic heterocycles. The standard InChI is InChI=1S/C18H28N6O2S/c1-5-10-24-17(8-9-19-24)16-12-14(2)20-18(21-16)15-7-6-11-23(13-15)27(25,26)22(3)4/h8-9,12,15H,5-7,10-11,13H2,1-4H3/t15-/m1/s1. The first-order chi connectivity index (χ1) is 12.8. The summed E-state index contributed by atoms with van der Waals surface area (Å²) < 4.78 is 29.8. The van der Waals surface area contributed by atoms with Gasteiger partial charge in [0.2, 0.25) is 0 Å². The summed E-state index contributed by atoms with van der Waals surface area (Å²) in [6, 6.07) is 3.93. The molecule has 1 atom stereocenters. The smallest absolute Gasteiger partial charge is 0.263 e. The van der Waals surface area contributed by atoms with Gasteiger partial charge in [-0.1, -0.05) is 6.92 Å². The quantitative estimate of drug-likeness (QED) is 0.751. The third kappa shape index (κ3) is 4.20. The fraction of sp³-hybridized carbons (Fsp3) is 0.611. The van der Waals surface area contributed by atoms with Crippen molar-refractivity contribution in [2.75, 3.05) is 27.2 Å². The summed E-state index contributed by atoms with van der Waals surface area (Å²) in [5, 5.41) is 4.38. The van der Waals surface area contributed by atoms with Gasteiger partial charge in [-0.15, -0.1) is 0 Å². The lowest BCUT2D eigenvalue weighted by Crippen LogP contribution is -2.45. The molecule has 1 fully saturated rings. The van der Waals surface area contributed by atoms with Crippen molar-refractivity contribution in [2.45, 2.75) is 45.6 Å². The summed E-state index contributed by atoms with van der Waals surface area (Å²) in [5.41, 5.74) is 2.69. The number of nitrogens with zero attached hydrogens (tertiary/aromatic N) is 6. The van der Waals surface area contributed by atoms with E-state index in [0.29, 0.717) is 18.9 Å². The maximum Gasteiger partial charge on any atom is 0.281 e. The molecule has 2 aromatic rings. The Labute approximate surface area is 161 Å². The normalized spacial score (nSPS) is 18.9. The Bertz CT molecular complexity index is 893. The molecule has 8 nitrogen and oxygen atoms in total. The lowest BCUT2D eigenvalue weighted by molar-refractivity contribution is 0.293. The monoisotopic (exact) mass is 392 g/mol. The average Bonchev–Trinajstić information content (AvgIpc) is 3.10. The van der Waals surface area contributed by atoms with E-state index in [-0.39, 0.29) is 5.92 Å². The minimum absolute atomic E-state index is 0.00493. The van der Waals surface area contributed by atoms with Crippen molar-refractivity contribution in [3.63, 3.8) is 0 Å². The van der Waals surface area contributed by atoms with E-state index in [0.717, 1.165) is 42.9 Å². The van der Waals surface area contributed by atoms with E-state index >= 15 is 0 Å². The first kappa shape index (κ1) is 19.9. The number of hydrogen-bond donors (Lipinski definition) is 0. The molecular formula is C18H28N6O2S. The van der Waals surface area contributed by atoms with Gasteiger partial charge in [-0.3, -0.25) is 4.68 Å². The van der Waals surface area contributed by atoms with Crippen LogP contribution in [-0.2, 0) is 16.8 Å². The van der Waals surface area contributed by atoms with Crippen LogP contribution >= 0.6 is 0 Å². The predicted molar refractivity (Wildman–Crippen MR) is 104 cm³/mol. The van der Waals surface area contributed by atoms with Gasteiger partial charge in [0.15, 0.2) is 0 Å². The molecule has 3 heterocycles. The van der Waals surface area contributed by atoms with Gasteiger partial charge in [0, 0.05) is 51.5 Å². The van der Waals surface area contributed by atoms with E-state index in [4.69, 9.17) is 4.98 Å². The van der Waals surface area contributed by atoms with E-state index in [2.05, 4.69) is 17.0 Å². The van der Waals surface area contributed by atoms with Crippen LogP contribution in [0.15, 0.2) is 18.3 Å². The van der Waals surface area contributed by atoms with Gasteiger partial charge in [-0.2, -0.15) is 22.1 Å². The van der Waals surface area contributed by atoms with E-state index in [1.807, 2.05) is 23.7 Å². The second kappa shape index (κ2) is 8.04. The minimum Gasteiger partial charge on any atom is -0.263 e. The highest BCUT2D eigenvalue weighted by Gasteiger charge is 2.32. The fourth-order valence-electron chi connectivity index (χ4n) is 3.44. The summed E-state index contributed by atoms with van der Waals surface area (Å²) in [5.74, 6) is 0.711. The number of aryl methyl sites for hydroxylation is 2. The zero-order valence-corrected chi connectivity index (χ0v) is 17.3. The van der Waals surface area contributed by atoms with Crippen molar-refractivity contribution in [1.29, 1.82) is 0 Å². The molecule has 1 aliphatic rings. The molecule has 0 saturated carbocycles. The number of aromatic nitrogens is 4. The molecule has 3 rings (SSSR count). The molecule has 148 valence electrons. The van der Waals surface area contributed by atoms with E-state index < -0.39 is 10.2 Å². The van der Waals surface area contributed by atoms with Crippen LogP contribution in [0.25, 0.3) is 11.4 Å². The summed E-state index contributed by atoms with van der Waals surface area (Å²) in [4.78, 5) is 9.43. The van der Waals surface area contributed by atoms with Gasteiger partial charge in [0.05, 0.1) is 11.4 Å². The van der Waals surface area contributed by atoms with Crippen molar-refractivity contribution in [2.24, 2.45) is 0 Å². The molecule has 0 radical (unpaired) electrons. The van der Waals surface area contributed by atoms with Crippen molar-refractivity contribution < 1.29 is 8.42 Å². The molecule has 27 heavy (non-hydrogen) atoms. The zero-order chi connectivity index (χ0) is 19.6. The topological polar surface area (TPSA) is 84.2 Å². The van der Waals surface area contributed by atoms with Crippen LogP contribution in [0.4, 0.5) is 0 Å². The highest BCUT2D eigenvalue weighted by atomic mass is 32.2. The highest BCUT2D eigenvalue weighted by molar-refractivity contribution is 7.86. The Morgan fingerprint density at radius 1 is 1.30 bits per heavy atom. The molecule has 9 heteroatoms. The maximum atomic E-state index is 12.5. The highest BCUT2D eigenvalue weighted by Crippen LogP contribution is 2.28. The largest absolute Gasteiger partial charge is 0.281 e. The predicted octanol–water partition coefficient (Wildman–Crippen LogP) is 2.04. The SMILES string of the molecule is CCCn1nccc1-c1cc(C)nc([C@@H]2CCCN(S(=O)(=O)N(C)C)C2)n1. The summed E-state index contributed by atoms with van der Waals surface area (Å²) in [6.45, 7) is 5.85. The molecule has 0 aromatic carbocycles. The second-order valence-electron chi connectivity index (χ2n) is 7.18. The lowest BCUT2D eigenvalue weighted by Gasteiger charge is -2.32. The second-order valence-corrected chi connectivity index (χ2v) is 9.32. The Morgan fingerprint density at radius 2 is 2.07 bits per heavy atom. The van der Waals surface area contributed by atoms with Gasteiger partial charge in [0.25, 0.3) is 10.2 Å². The molecule has 0 bridgehead atoms. The molecule has 0 N–H and O–H groups in total. The van der Waals surface area contributed by atoms with Crippen molar-refractivity contribution >= 4 is 10.2 Å². The van der Waals surface area contributed by atoms with Gasteiger partial charge >= 0.3 is 0 Å². The summed E-state index contributed by atoms with van der Waals surface area (Å²) >= 11 is 0. The first-order valence-corrected chi connectivity index (χ1v) is 10.8. The first-order valence-electron chi connectivity index (χ1n) is 9.38. The van der Waals surface area contributed by atoms with Gasteiger partial charge in [-0.05, 0) is 38.3 Å². The van der Waals surface area contributed by atoms with Gasteiger partial charge < -0.3 is 0 Å². The Kier molecular flexibility index (Phi) is 5.92.